The van der Waals surface area contributed by atoms with Gasteiger partial charge in [0.1, 0.15) is 18.1 Å². The Morgan fingerprint density at radius 1 is 0.970 bits per heavy atom. The molecule has 4 rings (SSSR count). The molecule has 2 N–H and O–H groups in total. The van der Waals surface area contributed by atoms with Crippen molar-refractivity contribution in [2.45, 2.75) is 11.5 Å². The smallest absolute Gasteiger partial charge is 0.291 e. The number of nitrogens with one attached hydrogen (secondary N) is 2. The van der Waals surface area contributed by atoms with E-state index in [9.17, 15) is 13.2 Å². The molecule has 0 aliphatic rings. The number of sulfonamides is 1. The van der Waals surface area contributed by atoms with Gasteiger partial charge in [0.15, 0.2) is 5.76 Å². The second-order valence-corrected chi connectivity index (χ2v) is 8.78. The molecule has 11 heteroatoms. The Bertz CT molecular complexity index is 1340. The zero-order valence-electron chi connectivity index (χ0n) is 16.9. The van der Waals surface area contributed by atoms with E-state index in [-0.39, 0.29) is 23.2 Å². The summed E-state index contributed by atoms with van der Waals surface area (Å²) in [4.78, 5) is 20.1. The highest BCUT2D eigenvalue weighted by Gasteiger charge is 2.16. The largest absolute Gasteiger partial charge is 0.486 e. The summed E-state index contributed by atoms with van der Waals surface area (Å²) in [6.45, 7) is 0.138. The van der Waals surface area contributed by atoms with Gasteiger partial charge in [-0.3, -0.25) is 4.79 Å². The highest BCUT2D eigenvalue weighted by Crippen LogP contribution is 2.20. The summed E-state index contributed by atoms with van der Waals surface area (Å²) < 4.78 is 38.3. The van der Waals surface area contributed by atoms with E-state index >= 15 is 0 Å². The number of hydrogen-bond donors (Lipinski definition) is 2. The molecule has 0 saturated heterocycles. The molecular weight excluding hydrogens is 468 g/mol. The highest BCUT2D eigenvalue weighted by atomic mass is 35.5. The first-order valence-corrected chi connectivity index (χ1v) is 11.4. The van der Waals surface area contributed by atoms with E-state index in [0.29, 0.717) is 22.2 Å². The van der Waals surface area contributed by atoms with Crippen LogP contribution in [0.2, 0.25) is 5.02 Å². The Morgan fingerprint density at radius 2 is 1.67 bits per heavy atom. The van der Waals surface area contributed by atoms with Crippen LogP contribution in [-0.2, 0) is 16.6 Å². The van der Waals surface area contributed by atoms with Crippen LogP contribution in [0.1, 0.15) is 16.3 Å². The van der Waals surface area contributed by atoms with Gasteiger partial charge in [-0.1, -0.05) is 11.6 Å². The van der Waals surface area contributed by atoms with Gasteiger partial charge in [-0.15, -0.1) is 0 Å². The number of carbonyl (C=O) groups excluding carboxylic acids is 1. The second kappa shape index (κ2) is 9.72. The Morgan fingerprint density at radius 3 is 2.36 bits per heavy atom. The molecule has 0 aliphatic heterocycles. The molecule has 1 amide bonds. The molecule has 2 heterocycles. The molecule has 0 atom stereocenters. The molecule has 2 aromatic heterocycles. The first kappa shape index (κ1) is 22.3. The second-order valence-electron chi connectivity index (χ2n) is 6.66. The summed E-state index contributed by atoms with van der Waals surface area (Å²) in [7, 11) is -3.87. The van der Waals surface area contributed by atoms with Gasteiger partial charge in [0.05, 0.1) is 4.90 Å². The van der Waals surface area contributed by atoms with Gasteiger partial charge >= 0.3 is 0 Å². The zero-order valence-corrected chi connectivity index (χ0v) is 18.5. The number of anilines is 2. The van der Waals surface area contributed by atoms with Crippen LogP contribution in [0.5, 0.6) is 5.75 Å². The van der Waals surface area contributed by atoms with Crippen molar-refractivity contribution in [3.05, 3.63) is 95.7 Å². The maximum Gasteiger partial charge on any atom is 0.291 e. The fourth-order valence-corrected chi connectivity index (χ4v) is 3.79. The van der Waals surface area contributed by atoms with E-state index in [4.69, 9.17) is 20.8 Å². The summed E-state index contributed by atoms with van der Waals surface area (Å²) >= 11 is 5.84. The van der Waals surface area contributed by atoms with Crippen LogP contribution in [0.25, 0.3) is 0 Å². The van der Waals surface area contributed by atoms with Gasteiger partial charge in [0.2, 0.25) is 5.95 Å². The molecule has 2 aromatic carbocycles. The minimum atomic E-state index is -3.87. The van der Waals surface area contributed by atoms with Gasteiger partial charge in [-0.05, 0) is 66.7 Å². The van der Waals surface area contributed by atoms with Gasteiger partial charge in [-0.2, -0.15) is 0 Å². The molecule has 168 valence electrons. The van der Waals surface area contributed by atoms with Crippen molar-refractivity contribution in [2.24, 2.45) is 0 Å². The summed E-state index contributed by atoms with van der Waals surface area (Å²) in [6, 6.07) is 17.2. The number of benzene rings is 2. The summed E-state index contributed by atoms with van der Waals surface area (Å²) in [5.41, 5.74) is 0.394. The van der Waals surface area contributed by atoms with Crippen LogP contribution >= 0.6 is 11.6 Å². The molecule has 0 unspecified atom stereocenters. The number of aromatic nitrogens is 2. The van der Waals surface area contributed by atoms with Crippen LogP contribution in [0, 0.1) is 0 Å². The van der Waals surface area contributed by atoms with E-state index in [1.54, 1.807) is 36.4 Å². The predicted molar refractivity (Wildman–Crippen MR) is 122 cm³/mol. The molecule has 0 radical (unpaired) electrons. The van der Waals surface area contributed by atoms with Crippen molar-refractivity contribution in [3.63, 3.8) is 0 Å². The first-order valence-electron chi connectivity index (χ1n) is 9.57. The average Bonchev–Trinajstić information content (AvgIpc) is 3.29. The summed E-state index contributed by atoms with van der Waals surface area (Å²) in [6.07, 6.45) is 2.85. The number of ether oxygens (including phenoxy) is 1. The Hall–Kier alpha value is -3.89. The Labute approximate surface area is 194 Å². The number of furan rings is 1. The van der Waals surface area contributed by atoms with Crippen molar-refractivity contribution in [3.8, 4) is 5.75 Å². The van der Waals surface area contributed by atoms with Crippen molar-refractivity contribution in [2.75, 3.05) is 10.0 Å². The first-order chi connectivity index (χ1) is 15.9. The predicted octanol–water partition coefficient (Wildman–Crippen LogP) is 4.36. The van der Waals surface area contributed by atoms with E-state index in [2.05, 4.69) is 20.0 Å². The number of hydrogen-bond acceptors (Lipinski definition) is 7. The fourth-order valence-electron chi connectivity index (χ4n) is 2.70. The lowest BCUT2D eigenvalue weighted by molar-refractivity contribution is 0.0992. The minimum absolute atomic E-state index is 0.00687. The van der Waals surface area contributed by atoms with Gasteiger partial charge in [0.25, 0.3) is 15.9 Å². The lowest BCUT2D eigenvalue weighted by atomic mass is 10.3. The lowest BCUT2D eigenvalue weighted by Gasteiger charge is -2.08. The SMILES string of the molecule is O=C(Nc1ccc(S(=O)(=O)Nc2ncccn2)cc1)c1ccc(COc2ccc(Cl)cc2)o1. The number of carbonyl (C=O) groups is 1. The highest BCUT2D eigenvalue weighted by molar-refractivity contribution is 7.92. The topological polar surface area (TPSA) is 123 Å². The number of halogens is 1. The van der Waals surface area contributed by atoms with Gasteiger partial charge in [-0.25, -0.2) is 23.1 Å². The van der Waals surface area contributed by atoms with E-state index < -0.39 is 15.9 Å². The van der Waals surface area contributed by atoms with Crippen LogP contribution in [-0.4, -0.2) is 24.3 Å². The third-order valence-corrected chi connectivity index (χ3v) is 5.89. The third kappa shape index (κ3) is 5.88. The van der Waals surface area contributed by atoms with E-state index in [0.717, 1.165) is 0 Å². The van der Waals surface area contributed by atoms with Crippen molar-refractivity contribution in [1.29, 1.82) is 0 Å². The molecule has 4 aromatic rings. The zero-order chi connectivity index (χ0) is 23.3. The molecule has 0 fully saturated rings. The molecule has 0 spiro atoms. The van der Waals surface area contributed by atoms with Crippen LogP contribution in [0.4, 0.5) is 11.6 Å². The molecule has 0 bridgehead atoms. The van der Waals surface area contributed by atoms with E-state index in [1.807, 2.05) is 0 Å². The van der Waals surface area contributed by atoms with Gasteiger partial charge in [0, 0.05) is 23.1 Å². The number of nitrogens with zero attached hydrogens (tertiary/aromatic N) is 2. The van der Waals surface area contributed by atoms with Crippen molar-refractivity contribution in [1.82, 2.24) is 9.97 Å². The molecular formula is C22H17ClN4O5S. The quantitative estimate of drug-likeness (QED) is 0.381. The van der Waals surface area contributed by atoms with Crippen LogP contribution in [0.3, 0.4) is 0 Å². The molecule has 0 saturated carbocycles. The molecule has 0 aliphatic carbocycles. The number of amides is 1. The minimum Gasteiger partial charge on any atom is -0.486 e. The monoisotopic (exact) mass is 484 g/mol. The summed E-state index contributed by atoms with van der Waals surface area (Å²) in [5.74, 6) is 0.642. The van der Waals surface area contributed by atoms with Crippen molar-refractivity contribution >= 4 is 39.2 Å². The fraction of sp³-hybridized carbons (Fsp3) is 0.0455. The Kier molecular flexibility index (Phi) is 6.57. The van der Waals surface area contributed by atoms with Crippen LogP contribution in [0.15, 0.2) is 88.4 Å². The third-order valence-electron chi connectivity index (χ3n) is 4.29. The standard InChI is InChI=1S/C22H17ClN4O5S/c23-15-2-6-17(7-3-15)31-14-18-8-11-20(32-18)21(28)26-16-4-9-19(10-5-16)33(29,30)27-22-24-12-1-13-25-22/h1-13H,14H2,(H,26,28)(H,24,25,27). The molecule has 33 heavy (non-hydrogen) atoms. The Balaban J connectivity index is 1.35. The number of rotatable bonds is 8. The van der Waals surface area contributed by atoms with Crippen LogP contribution < -0.4 is 14.8 Å². The molecule has 9 nitrogen and oxygen atoms in total. The summed E-state index contributed by atoms with van der Waals surface area (Å²) in [5, 5.41) is 3.25. The maximum atomic E-state index is 12.5. The van der Waals surface area contributed by atoms with Crippen molar-refractivity contribution < 1.29 is 22.4 Å². The maximum absolute atomic E-state index is 12.5. The normalized spacial score (nSPS) is 11.1. The van der Waals surface area contributed by atoms with Gasteiger partial charge < -0.3 is 14.5 Å². The lowest BCUT2D eigenvalue weighted by Crippen LogP contribution is -2.15. The average molecular weight is 485 g/mol. The van der Waals surface area contributed by atoms with E-state index in [1.165, 1.54) is 42.7 Å².